The number of aryl methyl sites for hydroxylation is 1. The Morgan fingerprint density at radius 1 is 1.43 bits per heavy atom. The van der Waals surface area contributed by atoms with Crippen molar-refractivity contribution in [1.29, 1.82) is 0 Å². The fraction of sp³-hybridized carbons (Fsp3) is 0.412. The molecule has 1 aliphatic heterocycles. The van der Waals surface area contributed by atoms with E-state index in [9.17, 15) is 4.79 Å². The molecular formula is C17H17NO3. The van der Waals surface area contributed by atoms with Crippen molar-refractivity contribution in [2.24, 2.45) is 4.99 Å². The Bertz CT molecular complexity index is 732. The molecule has 0 aromatic heterocycles. The second kappa shape index (κ2) is 3.97. The van der Waals surface area contributed by atoms with E-state index in [-0.39, 0.29) is 11.2 Å². The van der Waals surface area contributed by atoms with E-state index in [1.807, 2.05) is 25.3 Å². The van der Waals surface area contributed by atoms with Gasteiger partial charge in [0.25, 0.3) is 0 Å². The predicted octanol–water partition coefficient (Wildman–Crippen LogP) is 2.38. The first-order chi connectivity index (χ1) is 10.1. The lowest BCUT2D eigenvalue weighted by molar-refractivity contribution is -0.127. The molecule has 1 fully saturated rings. The molecule has 2 atom stereocenters. The molecule has 2 aliphatic carbocycles. The Labute approximate surface area is 123 Å². The summed E-state index contributed by atoms with van der Waals surface area (Å²) in [5, 5.41) is 0. The van der Waals surface area contributed by atoms with Crippen LogP contribution in [0.3, 0.4) is 0 Å². The van der Waals surface area contributed by atoms with Crippen molar-refractivity contribution in [1.82, 2.24) is 0 Å². The highest BCUT2D eigenvalue weighted by atomic mass is 16.5. The van der Waals surface area contributed by atoms with Gasteiger partial charge in [0.05, 0.1) is 12.5 Å². The first-order valence-corrected chi connectivity index (χ1v) is 7.17. The Kier molecular flexibility index (Phi) is 2.39. The van der Waals surface area contributed by atoms with Crippen molar-refractivity contribution in [3.63, 3.8) is 0 Å². The number of allylic oxidation sites excluding steroid dienone is 1. The van der Waals surface area contributed by atoms with Gasteiger partial charge in [-0.3, -0.25) is 9.79 Å². The Morgan fingerprint density at radius 2 is 2.24 bits per heavy atom. The van der Waals surface area contributed by atoms with E-state index in [4.69, 9.17) is 9.47 Å². The lowest BCUT2D eigenvalue weighted by atomic mass is 9.53. The van der Waals surface area contributed by atoms with E-state index in [1.165, 1.54) is 5.57 Å². The zero-order valence-corrected chi connectivity index (χ0v) is 12.4. The number of carbonyl (C=O) groups is 1. The number of carbonyl (C=O) groups excluding carboxylic acids is 1. The maximum absolute atomic E-state index is 12.4. The zero-order valence-electron chi connectivity index (χ0n) is 12.4. The van der Waals surface area contributed by atoms with Crippen LogP contribution in [-0.4, -0.2) is 31.8 Å². The largest absolute Gasteiger partial charge is 0.493 e. The van der Waals surface area contributed by atoms with E-state index in [2.05, 4.69) is 11.9 Å². The molecule has 0 bridgehead atoms. The van der Waals surface area contributed by atoms with Crippen molar-refractivity contribution >= 4 is 11.5 Å². The average molecular weight is 283 g/mol. The maximum Gasteiger partial charge on any atom is 0.178 e. The molecule has 1 saturated carbocycles. The van der Waals surface area contributed by atoms with Crippen molar-refractivity contribution in [3.8, 4) is 11.5 Å². The van der Waals surface area contributed by atoms with Crippen LogP contribution in [0.5, 0.6) is 11.5 Å². The molecule has 4 nitrogen and oxygen atoms in total. The van der Waals surface area contributed by atoms with Gasteiger partial charge < -0.3 is 9.47 Å². The van der Waals surface area contributed by atoms with Gasteiger partial charge in [-0.15, -0.1) is 0 Å². The number of hydrogen-bond acceptors (Lipinski definition) is 4. The normalized spacial score (nSPS) is 30.8. The number of nitrogens with zero attached hydrogens (tertiary/aromatic N) is 1. The fourth-order valence-corrected chi connectivity index (χ4v) is 4.06. The molecule has 21 heavy (non-hydrogen) atoms. The highest BCUT2D eigenvalue weighted by Gasteiger charge is 2.64. The minimum Gasteiger partial charge on any atom is -0.493 e. The summed E-state index contributed by atoms with van der Waals surface area (Å²) in [6.07, 6.45) is 2.80. The number of methoxy groups -OCH3 is 1. The standard InChI is InChI=1S/C17H17NO3/c1-9-4-7-13(20-3)15-14(9)17-8-11(18-2)10(17)5-6-12(19)16(17)21-15/h4-5,7,16H,6,8H2,1-3H3/b18-11-/t16-,17-/m0/s1. The lowest BCUT2D eigenvalue weighted by Crippen LogP contribution is -2.57. The number of benzene rings is 1. The van der Waals surface area contributed by atoms with Gasteiger partial charge in [0, 0.05) is 31.2 Å². The Hall–Kier alpha value is -2.10. The highest BCUT2D eigenvalue weighted by Crippen LogP contribution is 2.61. The van der Waals surface area contributed by atoms with Gasteiger partial charge in [-0.2, -0.15) is 0 Å². The van der Waals surface area contributed by atoms with Crippen molar-refractivity contribution < 1.29 is 14.3 Å². The quantitative estimate of drug-likeness (QED) is 0.795. The minimum atomic E-state index is -0.423. The van der Waals surface area contributed by atoms with Crippen LogP contribution < -0.4 is 9.47 Å². The van der Waals surface area contributed by atoms with Gasteiger partial charge in [0.1, 0.15) is 0 Å². The van der Waals surface area contributed by atoms with Crippen LogP contribution >= 0.6 is 0 Å². The molecular weight excluding hydrogens is 266 g/mol. The number of aliphatic imine (C=N–C) groups is 1. The minimum absolute atomic E-state index is 0.145. The second-order valence-electron chi connectivity index (χ2n) is 5.89. The van der Waals surface area contributed by atoms with E-state index >= 15 is 0 Å². The van der Waals surface area contributed by atoms with Gasteiger partial charge in [0.15, 0.2) is 23.4 Å². The number of Topliss-reactive ketones (excluding diaryl/α,β-unsaturated/α-hetero) is 1. The Morgan fingerprint density at radius 3 is 2.95 bits per heavy atom. The third-order valence-electron chi connectivity index (χ3n) is 4.99. The van der Waals surface area contributed by atoms with E-state index in [0.717, 1.165) is 29.0 Å². The summed E-state index contributed by atoms with van der Waals surface area (Å²) in [6.45, 7) is 2.07. The number of hydrogen-bond donors (Lipinski definition) is 0. The molecule has 1 heterocycles. The molecule has 0 radical (unpaired) electrons. The summed E-state index contributed by atoms with van der Waals surface area (Å²) in [5.41, 5.74) is 4.18. The van der Waals surface area contributed by atoms with E-state index in [1.54, 1.807) is 7.11 Å². The molecule has 108 valence electrons. The smallest absolute Gasteiger partial charge is 0.178 e. The van der Waals surface area contributed by atoms with Crippen molar-refractivity contribution in [2.45, 2.75) is 31.3 Å². The summed E-state index contributed by atoms with van der Waals surface area (Å²) in [6, 6.07) is 3.94. The topological polar surface area (TPSA) is 47.9 Å². The number of rotatable bonds is 1. The summed E-state index contributed by atoms with van der Waals surface area (Å²) in [4.78, 5) is 16.7. The molecule has 3 aliphatic rings. The zero-order chi connectivity index (χ0) is 14.8. The van der Waals surface area contributed by atoms with Crippen LogP contribution in [0.2, 0.25) is 0 Å². The van der Waals surface area contributed by atoms with Gasteiger partial charge in [-0.25, -0.2) is 0 Å². The molecule has 1 aromatic carbocycles. The van der Waals surface area contributed by atoms with Gasteiger partial charge in [-0.05, 0) is 24.1 Å². The summed E-state index contributed by atoms with van der Waals surface area (Å²) < 4.78 is 11.5. The van der Waals surface area contributed by atoms with Crippen LogP contribution in [0, 0.1) is 6.92 Å². The number of fused-ring (bicyclic) bond motifs is 1. The molecule has 0 unspecified atom stereocenters. The number of ether oxygens (including phenoxy) is 2. The van der Waals surface area contributed by atoms with Crippen LogP contribution in [0.15, 0.2) is 28.8 Å². The molecule has 0 saturated heterocycles. The van der Waals surface area contributed by atoms with Crippen molar-refractivity contribution in [2.75, 3.05) is 14.2 Å². The predicted molar refractivity (Wildman–Crippen MR) is 79.5 cm³/mol. The third kappa shape index (κ3) is 1.30. The van der Waals surface area contributed by atoms with Crippen LogP contribution in [0.1, 0.15) is 24.0 Å². The Balaban J connectivity index is 2.00. The number of ketones is 1. The van der Waals surface area contributed by atoms with E-state index in [0.29, 0.717) is 12.2 Å². The van der Waals surface area contributed by atoms with Gasteiger partial charge in [-0.1, -0.05) is 12.1 Å². The maximum atomic E-state index is 12.4. The summed E-state index contributed by atoms with van der Waals surface area (Å²) >= 11 is 0. The second-order valence-corrected chi connectivity index (χ2v) is 5.89. The first-order valence-electron chi connectivity index (χ1n) is 7.17. The monoisotopic (exact) mass is 283 g/mol. The highest BCUT2D eigenvalue weighted by molar-refractivity contribution is 6.15. The van der Waals surface area contributed by atoms with Crippen LogP contribution in [0.25, 0.3) is 0 Å². The third-order valence-corrected chi connectivity index (χ3v) is 4.99. The van der Waals surface area contributed by atoms with Crippen molar-refractivity contribution in [3.05, 3.63) is 34.9 Å². The molecule has 4 rings (SSSR count). The molecule has 0 amide bonds. The van der Waals surface area contributed by atoms with Crippen LogP contribution in [-0.2, 0) is 10.2 Å². The summed E-state index contributed by atoms with van der Waals surface area (Å²) in [5.74, 6) is 1.58. The average Bonchev–Trinajstić information content (AvgIpc) is 2.83. The van der Waals surface area contributed by atoms with Crippen LogP contribution in [0.4, 0.5) is 0 Å². The lowest BCUT2D eigenvalue weighted by Gasteiger charge is -2.47. The summed E-state index contributed by atoms with van der Waals surface area (Å²) in [7, 11) is 3.44. The fourth-order valence-electron chi connectivity index (χ4n) is 4.06. The SMILES string of the molecule is C/N=C1/C[C@@]23C1=CCC(=O)[C@@H]2Oc1c(OC)ccc(C)c13. The van der Waals surface area contributed by atoms with Gasteiger partial charge >= 0.3 is 0 Å². The van der Waals surface area contributed by atoms with E-state index < -0.39 is 6.10 Å². The van der Waals surface area contributed by atoms with Gasteiger partial charge in [0.2, 0.25) is 0 Å². The first kappa shape index (κ1) is 12.6. The molecule has 1 aromatic rings. The molecule has 4 heteroatoms. The molecule has 1 spiro atoms. The molecule has 0 N–H and O–H groups in total.